The van der Waals surface area contributed by atoms with Gasteiger partial charge in [0, 0.05) is 18.6 Å². The molecule has 1 saturated carbocycles. The first-order valence-electron chi connectivity index (χ1n) is 9.31. The number of sulfone groups is 1. The first-order chi connectivity index (χ1) is 11.8. The van der Waals surface area contributed by atoms with Crippen molar-refractivity contribution in [1.29, 1.82) is 0 Å². The first kappa shape index (κ1) is 18.6. The fourth-order valence-corrected chi connectivity index (χ4v) is 6.66. The summed E-state index contributed by atoms with van der Waals surface area (Å²) in [6, 6.07) is -0.691. The number of carboxylic acids is 1. The Morgan fingerprint density at radius 2 is 1.92 bits per heavy atom. The van der Waals surface area contributed by atoms with Crippen molar-refractivity contribution in [3.05, 3.63) is 0 Å². The van der Waals surface area contributed by atoms with Gasteiger partial charge in [-0.25, -0.2) is 8.42 Å². The van der Waals surface area contributed by atoms with Crippen LogP contribution in [-0.4, -0.2) is 77.9 Å². The van der Waals surface area contributed by atoms with Gasteiger partial charge in [-0.15, -0.1) is 0 Å². The lowest BCUT2D eigenvalue weighted by atomic mass is 9.85. The summed E-state index contributed by atoms with van der Waals surface area (Å²) in [6.07, 6.45) is 5.31. The second-order valence-electron chi connectivity index (χ2n) is 7.61. The van der Waals surface area contributed by atoms with E-state index < -0.39 is 21.8 Å². The van der Waals surface area contributed by atoms with E-state index in [4.69, 9.17) is 0 Å². The summed E-state index contributed by atoms with van der Waals surface area (Å²) in [6.45, 7) is 2.39. The van der Waals surface area contributed by atoms with Crippen molar-refractivity contribution in [3.8, 4) is 0 Å². The molecule has 0 aromatic carbocycles. The Morgan fingerprint density at radius 1 is 1.20 bits per heavy atom. The third-order valence-electron chi connectivity index (χ3n) is 6.13. The summed E-state index contributed by atoms with van der Waals surface area (Å²) in [7, 11) is -3.06. The van der Waals surface area contributed by atoms with E-state index in [2.05, 4.69) is 0 Å². The van der Waals surface area contributed by atoms with Crippen LogP contribution in [0.1, 0.15) is 45.4 Å². The number of hydrogen-bond acceptors (Lipinski definition) is 5. The molecule has 25 heavy (non-hydrogen) atoms. The highest BCUT2D eigenvalue weighted by Gasteiger charge is 2.46. The normalized spacial score (nSPS) is 34.6. The molecule has 0 unspecified atom stereocenters. The number of fused-ring (bicyclic) bond motifs is 1. The largest absolute Gasteiger partial charge is 0.480 e. The highest BCUT2D eigenvalue weighted by Crippen LogP contribution is 2.39. The number of carboxylic acid groups (broad SMARTS) is 1. The molecule has 3 rings (SSSR count). The van der Waals surface area contributed by atoms with Gasteiger partial charge in [-0.1, -0.05) is 12.8 Å². The monoisotopic (exact) mass is 372 g/mol. The van der Waals surface area contributed by atoms with Gasteiger partial charge in [-0.05, 0) is 38.5 Å². The van der Waals surface area contributed by atoms with Crippen LogP contribution in [0.4, 0.5) is 0 Å². The number of carbonyl (C=O) groups excluding carboxylic acids is 1. The maximum Gasteiger partial charge on any atom is 0.320 e. The molecule has 3 aliphatic rings. The van der Waals surface area contributed by atoms with Gasteiger partial charge < -0.3 is 10.0 Å². The molecule has 4 atom stereocenters. The number of rotatable bonds is 5. The maximum atomic E-state index is 12.9. The molecule has 3 fully saturated rings. The summed E-state index contributed by atoms with van der Waals surface area (Å²) in [5.74, 6) is -0.463. The van der Waals surface area contributed by atoms with E-state index in [1.807, 2.05) is 11.8 Å². The van der Waals surface area contributed by atoms with E-state index in [9.17, 15) is 23.1 Å². The SMILES string of the molecule is CCN(C(=O)CN1[C@@H]2CCCC[C@H]2C[C@H]1C(=O)O)[C@H]1CCS(=O)(=O)C1. The molecule has 0 bridgehead atoms. The zero-order valence-corrected chi connectivity index (χ0v) is 15.6. The van der Waals surface area contributed by atoms with Crippen LogP contribution in [-0.2, 0) is 19.4 Å². The zero-order chi connectivity index (χ0) is 18.2. The average Bonchev–Trinajstić information content (AvgIpc) is 3.09. The lowest BCUT2D eigenvalue weighted by Crippen LogP contribution is -2.51. The van der Waals surface area contributed by atoms with Crippen molar-refractivity contribution in [2.24, 2.45) is 5.92 Å². The minimum atomic E-state index is -3.06. The van der Waals surface area contributed by atoms with Crippen LogP contribution < -0.4 is 0 Å². The van der Waals surface area contributed by atoms with Crippen LogP contribution in [0.2, 0.25) is 0 Å². The lowest BCUT2D eigenvalue weighted by molar-refractivity contribution is -0.144. The highest BCUT2D eigenvalue weighted by atomic mass is 32.2. The first-order valence-corrected chi connectivity index (χ1v) is 11.1. The van der Waals surface area contributed by atoms with Crippen molar-refractivity contribution in [3.63, 3.8) is 0 Å². The highest BCUT2D eigenvalue weighted by molar-refractivity contribution is 7.91. The number of carbonyl (C=O) groups is 2. The third-order valence-corrected chi connectivity index (χ3v) is 7.88. The summed E-state index contributed by atoms with van der Waals surface area (Å²) in [5.41, 5.74) is 0. The second-order valence-corrected chi connectivity index (χ2v) is 9.84. The number of likely N-dealkylation sites (tertiary alicyclic amines) is 1. The average molecular weight is 372 g/mol. The predicted molar refractivity (Wildman–Crippen MR) is 92.9 cm³/mol. The molecule has 7 nitrogen and oxygen atoms in total. The van der Waals surface area contributed by atoms with E-state index in [-0.39, 0.29) is 36.0 Å². The zero-order valence-electron chi connectivity index (χ0n) is 14.8. The Labute approximate surface area is 149 Å². The summed E-state index contributed by atoms with van der Waals surface area (Å²) >= 11 is 0. The Morgan fingerprint density at radius 3 is 2.52 bits per heavy atom. The van der Waals surface area contributed by atoms with Gasteiger partial charge in [0.25, 0.3) is 0 Å². The molecular weight excluding hydrogens is 344 g/mol. The van der Waals surface area contributed by atoms with Gasteiger partial charge in [0.1, 0.15) is 6.04 Å². The van der Waals surface area contributed by atoms with E-state index in [0.29, 0.717) is 25.3 Å². The molecule has 1 amide bonds. The molecular formula is C17H28N2O5S. The number of hydrogen-bond donors (Lipinski definition) is 1. The van der Waals surface area contributed by atoms with Crippen molar-refractivity contribution in [2.45, 2.75) is 63.6 Å². The molecule has 0 radical (unpaired) electrons. The maximum absolute atomic E-state index is 12.9. The Balaban J connectivity index is 1.72. The van der Waals surface area contributed by atoms with E-state index in [1.54, 1.807) is 4.90 Å². The van der Waals surface area contributed by atoms with Crippen molar-refractivity contribution < 1.29 is 23.1 Å². The molecule has 0 aromatic heterocycles. The van der Waals surface area contributed by atoms with E-state index >= 15 is 0 Å². The molecule has 0 spiro atoms. The summed E-state index contributed by atoms with van der Waals surface area (Å²) < 4.78 is 23.5. The summed E-state index contributed by atoms with van der Waals surface area (Å²) in [5, 5.41) is 9.57. The van der Waals surface area contributed by atoms with Crippen molar-refractivity contribution in [2.75, 3.05) is 24.6 Å². The van der Waals surface area contributed by atoms with Crippen LogP contribution in [0.25, 0.3) is 0 Å². The van der Waals surface area contributed by atoms with Crippen LogP contribution >= 0.6 is 0 Å². The molecule has 2 heterocycles. The molecule has 1 aliphatic carbocycles. The molecule has 0 aromatic rings. The second kappa shape index (κ2) is 7.23. The van der Waals surface area contributed by atoms with Crippen LogP contribution in [0.3, 0.4) is 0 Å². The van der Waals surface area contributed by atoms with Gasteiger partial charge in [0.2, 0.25) is 5.91 Å². The smallest absolute Gasteiger partial charge is 0.320 e. The van der Waals surface area contributed by atoms with E-state index in [0.717, 1.165) is 25.7 Å². The van der Waals surface area contributed by atoms with Gasteiger partial charge in [0.05, 0.1) is 18.1 Å². The molecule has 2 saturated heterocycles. The third kappa shape index (κ3) is 3.84. The van der Waals surface area contributed by atoms with Crippen molar-refractivity contribution in [1.82, 2.24) is 9.80 Å². The molecule has 8 heteroatoms. The lowest BCUT2D eigenvalue weighted by Gasteiger charge is -2.35. The van der Waals surface area contributed by atoms with E-state index in [1.165, 1.54) is 0 Å². The Bertz CT molecular complexity index is 635. The molecule has 1 N–H and O–H groups in total. The predicted octanol–water partition coefficient (Wildman–Crippen LogP) is 0.740. The van der Waals surface area contributed by atoms with Gasteiger partial charge in [0.15, 0.2) is 9.84 Å². The van der Waals surface area contributed by atoms with Crippen LogP contribution in [0.5, 0.6) is 0 Å². The number of likely N-dealkylation sites (N-methyl/N-ethyl adjacent to an activating group) is 1. The Hall–Kier alpha value is -1.15. The number of amides is 1. The summed E-state index contributed by atoms with van der Waals surface area (Å²) in [4.78, 5) is 28.1. The molecule has 2 aliphatic heterocycles. The quantitative estimate of drug-likeness (QED) is 0.765. The van der Waals surface area contributed by atoms with Gasteiger partial charge >= 0.3 is 5.97 Å². The Kier molecular flexibility index (Phi) is 5.39. The fourth-order valence-electron chi connectivity index (χ4n) is 4.93. The van der Waals surface area contributed by atoms with Gasteiger partial charge in [-0.3, -0.25) is 14.5 Å². The van der Waals surface area contributed by atoms with Crippen LogP contribution in [0.15, 0.2) is 0 Å². The van der Waals surface area contributed by atoms with Crippen LogP contribution in [0, 0.1) is 5.92 Å². The fraction of sp³-hybridized carbons (Fsp3) is 0.882. The van der Waals surface area contributed by atoms with Crippen molar-refractivity contribution >= 4 is 21.7 Å². The minimum absolute atomic E-state index is 0.0288. The number of aliphatic carboxylic acids is 1. The van der Waals surface area contributed by atoms with Gasteiger partial charge in [-0.2, -0.15) is 0 Å². The molecule has 142 valence electrons. The topological polar surface area (TPSA) is 95.0 Å². The standard InChI is InChI=1S/C17H28N2O5S/c1-2-18(13-7-8-25(23,24)11-13)16(20)10-19-14-6-4-3-5-12(14)9-15(19)17(21)22/h12-15H,2-11H2,1H3,(H,21,22)/t12-,13-,14+,15-/m0/s1. The minimum Gasteiger partial charge on any atom is -0.480 e. The number of nitrogens with zero attached hydrogens (tertiary/aromatic N) is 2.